The van der Waals surface area contributed by atoms with Crippen molar-refractivity contribution in [2.45, 2.75) is 0 Å². The zero-order valence-corrected chi connectivity index (χ0v) is 30.9. The Balaban J connectivity index is 0.844. The van der Waals surface area contributed by atoms with E-state index in [0.717, 1.165) is 21.8 Å². The van der Waals surface area contributed by atoms with Crippen LogP contribution in [-0.2, 0) is 0 Å². The van der Waals surface area contributed by atoms with Gasteiger partial charge in [-0.2, -0.15) is 0 Å². The van der Waals surface area contributed by atoms with E-state index in [1.165, 1.54) is 93.2 Å². The number of nitrogens with zero attached hydrogens (tertiary/aromatic N) is 3. The van der Waals surface area contributed by atoms with Gasteiger partial charge in [-0.3, -0.25) is 9.97 Å². The van der Waals surface area contributed by atoms with Gasteiger partial charge in [0.2, 0.25) is 0 Å². The van der Waals surface area contributed by atoms with Crippen LogP contribution in [0.3, 0.4) is 0 Å². The van der Waals surface area contributed by atoms with E-state index in [4.69, 9.17) is 9.97 Å². The van der Waals surface area contributed by atoms with Crippen molar-refractivity contribution in [2.75, 3.05) is 0 Å². The van der Waals surface area contributed by atoms with Crippen molar-refractivity contribution in [3.05, 3.63) is 200 Å². The molecule has 2 aromatic heterocycles. The minimum absolute atomic E-state index is 0.940. The van der Waals surface area contributed by atoms with Crippen LogP contribution < -0.4 is 0 Å². The second-order valence-corrected chi connectivity index (χ2v) is 15.0. The van der Waals surface area contributed by atoms with Crippen LogP contribution in [0.1, 0.15) is 0 Å². The molecule has 3 heteroatoms. The molecule has 264 valence electrons. The summed E-state index contributed by atoms with van der Waals surface area (Å²) >= 11 is 0. The van der Waals surface area contributed by atoms with Gasteiger partial charge in [-0.1, -0.05) is 133 Å². The smallest absolute Gasteiger partial charge is 0.0971 e. The first-order valence-electron chi connectivity index (χ1n) is 19.5. The van der Waals surface area contributed by atoms with Crippen molar-refractivity contribution in [3.63, 3.8) is 0 Å². The number of para-hydroxylation sites is 2. The molecule has 0 saturated carbocycles. The number of fused-ring (bicyclic) bond motifs is 11. The van der Waals surface area contributed by atoms with Crippen molar-refractivity contribution in [1.29, 1.82) is 0 Å². The highest BCUT2D eigenvalue weighted by atomic mass is 15.0. The third-order valence-corrected chi connectivity index (χ3v) is 11.8. The molecule has 0 amide bonds. The number of aromatic nitrogens is 3. The molecule has 0 aliphatic rings. The lowest BCUT2D eigenvalue weighted by atomic mass is 9.93. The molecule has 0 atom stereocenters. The van der Waals surface area contributed by atoms with E-state index >= 15 is 0 Å². The summed E-state index contributed by atoms with van der Waals surface area (Å²) < 4.78 is 2.37. The van der Waals surface area contributed by atoms with E-state index in [0.29, 0.717) is 0 Å². The monoisotopic (exact) mass is 723 g/mol. The molecule has 0 fully saturated rings. The van der Waals surface area contributed by atoms with Gasteiger partial charge in [0.15, 0.2) is 0 Å². The minimum atomic E-state index is 0.940. The van der Waals surface area contributed by atoms with Crippen molar-refractivity contribution in [2.24, 2.45) is 0 Å². The Hall–Kier alpha value is -7.62. The topological polar surface area (TPSA) is 30.7 Å². The van der Waals surface area contributed by atoms with Gasteiger partial charge in [0, 0.05) is 39.6 Å². The first kappa shape index (κ1) is 31.7. The van der Waals surface area contributed by atoms with Crippen LogP contribution in [0.5, 0.6) is 0 Å². The SMILES string of the molecule is c1ccc2c(c1)c1ccc(-c3ccc4cc(-c5ccc6cc(-c7ccc(-n8c9ccccc9c9ccccc98)cc7)ccc6c5)ccc4c3)cc1c1nccnc21. The van der Waals surface area contributed by atoms with Crippen LogP contribution in [0.15, 0.2) is 200 Å². The molecule has 0 radical (unpaired) electrons. The van der Waals surface area contributed by atoms with Crippen LogP contribution >= 0.6 is 0 Å². The standard InChI is InChI=1S/C54H33N3/c1-2-10-49-45(7-1)46-26-23-43(33-50(46)54-53(49)55-27-28-56-54)42-20-19-40-31-39(17-18-41(40)32-42)38-16-15-36-29-35(13-14-37(36)30-38)34-21-24-44(25-22-34)57-51-11-5-3-8-47(51)48-9-4-6-12-52(48)57/h1-33H. The van der Waals surface area contributed by atoms with Crippen LogP contribution in [-0.4, -0.2) is 14.5 Å². The van der Waals surface area contributed by atoms with Gasteiger partial charge in [-0.05, 0) is 120 Å². The molecule has 0 N–H and O–H groups in total. The summed E-state index contributed by atoms with van der Waals surface area (Å²) in [6, 6.07) is 68.7. The van der Waals surface area contributed by atoms with E-state index < -0.39 is 0 Å². The maximum atomic E-state index is 4.78. The summed E-state index contributed by atoms with van der Waals surface area (Å²) in [5.74, 6) is 0. The molecule has 57 heavy (non-hydrogen) atoms. The number of hydrogen-bond donors (Lipinski definition) is 0. The fourth-order valence-corrected chi connectivity index (χ4v) is 9.02. The maximum absolute atomic E-state index is 4.78. The van der Waals surface area contributed by atoms with E-state index in [1.807, 2.05) is 0 Å². The molecule has 0 saturated heterocycles. The zero-order chi connectivity index (χ0) is 37.5. The predicted octanol–water partition coefficient (Wildman–Crippen LogP) is 14.3. The molecule has 0 aliphatic heterocycles. The van der Waals surface area contributed by atoms with Crippen LogP contribution in [0.4, 0.5) is 0 Å². The van der Waals surface area contributed by atoms with Gasteiger partial charge in [0.1, 0.15) is 0 Å². The highest BCUT2D eigenvalue weighted by Gasteiger charge is 2.14. The van der Waals surface area contributed by atoms with Crippen molar-refractivity contribution in [1.82, 2.24) is 14.5 Å². The van der Waals surface area contributed by atoms with Gasteiger partial charge < -0.3 is 4.57 Å². The van der Waals surface area contributed by atoms with Gasteiger partial charge >= 0.3 is 0 Å². The lowest BCUT2D eigenvalue weighted by molar-refractivity contribution is 1.18. The fourth-order valence-electron chi connectivity index (χ4n) is 9.02. The zero-order valence-electron chi connectivity index (χ0n) is 30.9. The minimum Gasteiger partial charge on any atom is -0.309 e. The van der Waals surface area contributed by atoms with Gasteiger partial charge in [0.25, 0.3) is 0 Å². The largest absolute Gasteiger partial charge is 0.309 e. The molecule has 0 spiro atoms. The number of hydrogen-bond acceptors (Lipinski definition) is 2. The number of rotatable bonds is 4. The predicted molar refractivity (Wildman–Crippen MR) is 240 cm³/mol. The highest BCUT2D eigenvalue weighted by molar-refractivity contribution is 6.23. The molecular formula is C54H33N3. The van der Waals surface area contributed by atoms with Crippen molar-refractivity contribution >= 4 is 75.9 Å². The summed E-state index contributed by atoms with van der Waals surface area (Å²) in [6.07, 6.45) is 3.57. The first-order chi connectivity index (χ1) is 28.2. The average molecular weight is 724 g/mol. The van der Waals surface area contributed by atoms with Crippen molar-refractivity contribution in [3.8, 4) is 39.1 Å². The Morgan fingerprint density at radius 2 is 0.667 bits per heavy atom. The Morgan fingerprint density at radius 3 is 1.21 bits per heavy atom. The third kappa shape index (κ3) is 5.06. The molecule has 0 unspecified atom stereocenters. The molecule has 0 bridgehead atoms. The van der Waals surface area contributed by atoms with E-state index in [-0.39, 0.29) is 0 Å². The summed E-state index contributed by atoms with van der Waals surface area (Å²) in [4.78, 5) is 9.51. The van der Waals surface area contributed by atoms with Gasteiger partial charge in [-0.25, -0.2) is 0 Å². The Morgan fingerprint density at radius 1 is 0.281 bits per heavy atom. The summed E-state index contributed by atoms with van der Waals surface area (Å²) in [7, 11) is 0. The Labute approximate surface area is 328 Å². The molecular weight excluding hydrogens is 691 g/mol. The summed E-state index contributed by atoms with van der Waals surface area (Å²) in [5.41, 5.74) is 12.7. The van der Waals surface area contributed by atoms with Gasteiger partial charge in [0.05, 0.1) is 22.1 Å². The quantitative estimate of drug-likeness (QED) is 0.169. The molecule has 10 aromatic carbocycles. The fraction of sp³-hybridized carbons (Fsp3) is 0. The second kappa shape index (κ2) is 12.5. The third-order valence-electron chi connectivity index (χ3n) is 11.8. The molecule has 12 aromatic rings. The van der Waals surface area contributed by atoms with E-state index in [2.05, 4.69) is 193 Å². The Kier molecular flexibility index (Phi) is 6.93. The van der Waals surface area contributed by atoms with Crippen LogP contribution in [0, 0.1) is 0 Å². The van der Waals surface area contributed by atoms with Gasteiger partial charge in [-0.15, -0.1) is 0 Å². The number of benzene rings is 10. The Bertz CT molecular complexity index is 3490. The first-order valence-corrected chi connectivity index (χ1v) is 19.5. The van der Waals surface area contributed by atoms with E-state index in [1.54, 1.807) is 12.4 Å². The maximum Gasteiger partial charge on any atom is 0.0971 e. The van der Waals surface area contributed by atoms with E-state index in [9.17, 15) is 0 Å². The summed E-state index contributed by atoms with van der Waals surface area (Å²) in [6.45, 7) is 0. The molecule has 3 nitrogen and oxygen atoms in total. The molecule has 2 heterocycles. The molecule has 0 aliphatic carbocycles. The highest BCUT2D eigenvalue weighted by Crippen LogP contribution is 2.38. The van der Waals surface area contributed by atoms with Crippen molar-refractivity contribution < 1.29 is 0 Å². The summed E-state index contributed by atoms with van der Waals surface area (Å²) in [5, 5.41) is 12.1. The normalized spacial score (nSPS) is 11.9. The lowest BCUT2D eigenvalue weighted by Gasteiger charge is -2.12. The van der Waals surface area contributed by atoms with Crippen LogP contribution in [0.2, 0.25) is 0 Å². The second-order valence-electron chi connectivity index (χ2n) is 15.0. The molecule has 12 rings (SSSR count). The lowest BCUT2D eigenvalue weighted by Crippen LogP contribution is -1.93. The van der Waals surface area contributed by atoms with Crippen LogP contribution in [0.25, 0.3) is 115 Å². The average Bonchev–Trinajstić information content (AvgIpc) is 3.62.